The predicted molar refractivity (Wildman–Crippen MR) is 76.0 cm³/mol. The van der Waals surface area contributed by atoms with Gasteiger partial charge in [0.25, 0.3) is 0 Å². The molecule has 3 heteroatoms. The van der Waals surface area contributed by atoms with Crippen LogP contribution in [0, 0.1) is 6.92 Å². The summed E-state index contributed by atoms with van der Waals surface area (Å²) < 4.78 is 1.26. The molecule has 2 nitrogen and oxygen atoms in total. The van der Waals surface area contributed by atoms with Crippen LogP contribution in [0.1, 0.15) is 12.5 Å². The van der Waals surface area contributed by atoms with Gasteiger partial charge in [0.2, 0.25) is 0 Å². The zero-order valence-corrected chi connectivity index (χ0v) is 10.8. The average molecular weight is 242 g/mol. The average Bonchev–Trinajstić information content (AvgIpc) is 2.73. The van der Waals surface area contributed by atoms with Crippen molar-refractivity contribution in [3.63, 3.8) is 0 Å². The standard InChI is InChI=1S/C14H14N2S/c1-3-15-14-16-13-11-7-5-4-6-10(11)9(2)8-12(13)17-14/h4-8H,3H2,1-2H3,(H,15,16). The summed E-state index contributed by atoms with van der Waals surface area (Å²) in [5.74, 6) is 0. The highest BCUT2D eigenvalue weighted by Gasteiger charge is 2.08. The first kappa shape index (κ1) is 10.5. The highest BCUT2D eigenvalue weighted by atomic mass is 32.1. The Bertz CT molecular complexity index is 685. The number of anilines is 1. The Hall–Kier alpha value is -1.61. The van der Waals surface area contributed by atoms with Gasteiger partial charge in [0.15, 0.2) is 5.13 Å². The van der Waals surface area contributed by atoms with Crippen molar-refractivity contribution in [2.45, 2.75) is 13.8 Å². The third-order valence-electron chi connectivity index (χ3n) is 2.94. The molecule has 1 aromatic heterocycles. The molecule has 0 spiro atoms. The van der Waals surface area contributed by atoms with Crippen molar-refractivity contribution in [1.29, 1.82) is 0 Å². The minimum absolute atomic E-state index is 0.913. The van der Waals surface area contributed by atoms with E-state index in [1.165, 1.54) is 21.0 Å². The molecule has 0 radical (unpaired) electrons. The van der Waals surface area contributed by atoms with Gasteiger partial charge in [0.1, 0.15) is 0 Å². The molecule has 1 N–H and O–H groups in total. The maximum Gasteiger partial charge on any atom is 0.183 e. The summed E-state index contributed by atoms with van der Waals surface area (Å²) in [6.45, 7) is 5.17. The van der Waals surface area contributed by atoms with E-state index in [1.54, 1.807) is 11.3 Å². The van der Waals surface area contributed by atoms with E-state index in [0.29, 0.717) is 0 Å². The quantitative estimate of drug-likeness (QED) is 0.729. The maximum atomic E-state index is 4.68. The van der Waals surface area contributed by atoms with Crippen LogP contribution in [0.5, 0.6) is 0 Å². The molecule has 3 aromatic rings. The molecular formula is C14H14N2S. The Morgan fingerprint density at radius 1 is 1.24 bits per heavy atom. The number of thiazole rings is 1. The number of hydrogen-bond acceptors (Lipinski definition) is 3. The number of aromatic nitrogens is 1. The summed E-state index contributed by atoms with van der Waals surface area (Å²) >= 11 is 1.73. The monoisotopic (exact) mass is 242 g/mol. The topological polar surface area (TPSA) is 24.9 Å². The number of fused-ring (bicyclic) bond motifs is 3. The van der Waals surface area contributed by atoms with Crippen LogP contribution >= 0.6 is 11.3 Å². The second-order valence-electron chi connectivity index (χ2n) is 4.14. The Kier molecular flexibility index (Phi) is 2.48. The number of nitrogens with zero attached hydrogens (tertiary/aromatic N) is 1. The summed E-state index contributed by atoms with van der Waals surface area (Å²) in [6.07, 6.45) is 0. The van der Waals surface area contributed by atoms with Gasteiger partial charge >= 0.3 is 0 Å². The first-order valence-electron chi connectivity index (χ1n) is 5.82. The van der Waals surface area contributed by atoms with Crippen molar-refractivity contribution in [1.82, 2.24) is 4.98 Å². The van der Waals surface area contributed by atoms with Gasteiger partial charge in [-0.15, -0.1) is 0 Å². The van der Waals surface area contributed by atoms with Gasteiger partial charge < -0.3 is 5.32 Å². The van der Waals surface area contributed by atoms with Crippen molar-refractivity contribution < 1.29 is 0 Å². The van der Waals surface area contributed by atoms with Gasteiger partial charge in [-0.3, -0.25) is 0 Å². The first-order chi connectivity index (χ1) is 8.29. The van der Waals surface area contributed by atoms with E-state index < -0.39 is 0 Å². The fourth-order valence-corrected chi connectivity index (χ4v) is 3.21. The van der Waals surface area contributed by atoms with Gasteiger partial charge in [-0.25, -0.2) is 4.98 Å². The summed E-state index contributed by atoms with van der Waals surface area (Å²) in [7, 11) is 0. The maximum absolute atomic E-state index is 4.68. The number of benzene rings is 2. The van der Waals surface area contributed by atoms with Gasteiger partial charge in [0.05, 0.1) is 10.2 Å². The summed E-state index contributed by atoms with van der Waals surface area (Å²) in [5, 5.41) is 6.85. The Morgan fingerprint density at radius 2 is 2.00 bits per heavy atom. The molecule has 0 atom stereocenters. The second kappa shape index (κ2) is 4.00. The number of rotatable bonds is 2. The number of hydrogen-bond donors (Lipinski definition) is 1. The molecule has 0 aliphatic carbocycles. The third kappa shape index (κ3) is 1.67. The normalized spacial score (nSPS) is 11.2. The number of nitrogens with one attached hydrogen (secondary N) is 1. The Labute approximate surface area is 104 Å². The van der Waals surface area contributed by atoms with Gasteiger partial charge in [0, 0.05) is 11.9 Å². The highest BCUT2D eigenvalue weighted by Crippen LogP contribution is 2.33. The SMILES string of the molecule is CCNc1nc2c(cc(C)c3ccccc32)s1. The molecule has 0 aliphatic rings. The molecule has 1 heterocycles. The molecule has 0 saturated carbocycles. The molecule has 17 heavy (non-hydrogen) atoms. The van der Waals surface area contributed by atoms with Gasteiger partial charge in [-0.2, -0.15) is 0 Å². The minimum Gasteiger partial charge on any atom is -0.362 e. The lowest BCUT2D eigenvalue weighted by atomic mass is 10.0. The lowest BCUT2D eigenvalue weighted by Crippen LogP contribution is -1.94. The largest absolute Gasteiger partial charge is 0.362 e. The predicted octanol–water partition coefficient (Wildman–Crippen LogP) is 4.19. The van der Waals surface area contributed by atoms with Crippen molar-refractivity contribution >= 4 is 37.5 Å². The van der Waals surface area contributed by atoms with E-state index in [4.69, 9.17) is 0 Å². The van der Waals surface area contributed by atoms with Crippen LogP contribution in [0.25, 0.3) is 21.0 Å². The Morgan fingerprint density at radius 3 is 2.76 bits per heavy atom. The molecule has 86 valence electrons. The van der Waals surface area contributed by atoms with Gasteiger partial charge in [-0.1, -0.05) is 35.6 Å². The highest BCUT2D eigenvalue weighted by molar-refractivity contribution is 7.22. The van der Waals surface area contributed by atoms with Crippen molar-refractivity contribution in [3.8, 4) is 0 Å². The van der Waals surface area contributed by atoms with E-state index in [0.717, 1.165) is 17.2 Å². The lowest BCUT2D eigenvalue weighted by Gasteiger charge is -2.01. The lowest BCUT2D eigenvalue weighted by molar-refractivity contribution is 1.20. The Balaban J connectivity index is 2.38. The van der Waals surface area contributed by atoms with E-state index in [1.807, 2.05) is 0 Å². The van der Waals surface area contributed by atoms with E-state index in [2.05, 4.69) is 54.5 Å². The van der Waals surface area contributed by atoms with Crippen LogP contribution in [-0.4, -0.2) is 11.5 Å². The zero-order chi connectivity index (χ0) is 11.8. The second-order valence-corrected chi connectivity index (χ2v) is 5.17. The van der Waals surface area contributed by atoms with Crippen LogP contribution in [-0.2, 0) is 0 Å². The fraction of sp³-hybridized carbons (Fsp3) is 0.214. The minimum atomic E-state index is 0.913. The fourth-order valence-electron chi connectivity index (χ4n) is 2.16. The van der Waals surface area contributed by atoms with Crippen LogP contribution < -0.4 is 5.32 Å². The molecular weight excluding hydrogens is 228 g/mol. The van der Waals surface area contributed by atoms with E-state index in [9.17, 15) is 0 Å². The van der Waals surface area contributed by atoms with Crippen molar-refractivity contribution in [2.75, 3.05) is 11.9 Å². The smallest absolute Gasteiger partial charge is 0.183 e. The number of aryl methyl sites for hydroxylation is 1. The van der Waals surface area contributed by atoms with Crippen LogP contribution in [0.3, 0.4) is 0 Å². The zero-order valence-electron chi connectivity index (χ0n) is 9.95. The molecule has 0 saturated heterocycles. The van der Waals surface area contributed by atoms with Crippen LogP contribution in [0.15, 0.2) is 30.3 Å². The molecule has 2 aromatic carbocycles. The van der Waals surface area contributed by atoms with Gasteiger partial charge in [-0.05, 0) is 30.9 Å². The molecule has 0 bridgehead atoms. The summed E-state index contributed by atoms with van der Waals surface area (Å²) in [6, 6.07) is 10.7. The summed E-state index contributed by atoms with van der Waals surface area (Å²) in [5.41, 5.74) is 2.44. The first-order valence-corrected chi connectivity index (χ1v) is 6.64. The van der Waals surface area contributed by atoms with E-state index in [-0.39, 0.29) is 0 Å². The van der Waals surface area contributed by atoms with Crippen LogP contribution in [0.2, 0.25) is 0 Å². The molecule has 3 rings (SSSR count). The molecule has 0 aliphatic heterocycles. The molecule has 0 fully saturated rings. The molecule has 0 unspecified atom stereocenters. The molecule has 0 amide bonds. The van der Waals surface area contributed by atoms with E-state index >= 15 is 0 Å². The third-order valence-corrected chi connectivity index (χ3v) is 3.90. The van der Waals surface area contributed by atoms with Crippen LogP contribution in [0.4, 0.5) is 5.13 Å². The summed E-state index contributed by atoms with van der Waals surface area (Å²) in [4.78, 5) is 4.68. The van der Waals surface area contributed by atoms with Crippen molar-refractivity contribution in [2.24, 2.45) is 0 Å². The van der Waals surface area contributed by atoms with Crippen molar-refractivity contribution in [3.05, 3.63) is 35.9 Å².